The standard InChI is InChI=1S/C12H17N3O7S/c1-6(2)14-12(18)15-10(16)7(3)21-11(17)8-4-5-9(22-8)23(13,19)20/h4-7H,1-3H3,(H2,13,19,20)(H2,14,15,16,18). The van der Waals surface area contributed by atoms with E-state index in [4.69, 9.17) is 14.3 Å². The van der Waals surface area contributed by atoms with Gasteiger partial charge in [0.1, 0.15) is 0 Å². The number of rotatable bonds is 5. The summed E-state index contributed by atoms with van der Waals surface area (Å²) in [7, 11) is -4.09. The first-order valence-electron chi connectivity index (χ1n) is 6.45. The van der Waals surface area contributed by atoms with Gasteiger partial charge in [-0.1, -0.05) is 0 Å². The molecule has 1 aromatic heterocycles. The number of carbonyl (C=O) groups is 3. The van der Waals surface area contributed by atoms with Gasteiger partial charge in [0.15, 0.2) is 6.10 Å². The molecule has 4 N–H and O–H groups in total. The van der Waals surface area contributed by atoms with E-state index < -0.39 is 44.9 Å². The Balaban J connectivity index is 2.64. The number of esters is 1. The Labute approximate surface area is 132 Å². The van der Waals surface area contributed by atoms with Crippen molar-refractivity contribution >= 4 is 27.9 Å². The maximum Gasteiger partial charge on any atom is 0.375 e. The van der Waals surface area contributed by atoms with Crippen LogP contribution in [0.3, 0.4) is 0 Å². The van der Waals surface area contributed by atoms with E-state index in [1.165, 1.54) is 6.92 Å². The molecule has 1 unspecified atom stereocenters. The van der Waals surface area contributed by atoms with Gasteiger partial charge in [0.05, 0.1) is 0 Å². The number of carbonyl (C=O) groups excluding carboxylic acids is 3. The van der Waals surface area contributed by atoms with E-state index in [0.717, 1.165) is 12.1 Å². The number of imide groups is 1. The molecule has 0 saturated heterocycles. The van der Waals surface area contributed by atoms with E-state index in [1.54, 1.807) is 13.8 Å². The summed E-state index contributed by atoms with van der Waals surface area (Å²) in [5, 5.41) is 8.63. The Morgan fingerprint density at radius 1 is 1.22 bits per heavy atom. The molecule has 1 heterocycles. The molecule has 11 heteroatoms. The molecule has 1 atom stereocenters. The van der Waals surface area contributed by atoms with Gasteiger partial charge in [-0.15, -0.1) is 0 Å². The molecule has 0 aromatic carbocycles. The minimum absolute atomic E-state index is 0.180. The number of hydrogen-bond acceptors (Lipinski definition) is 7. The molecule has 23 heavy (non-hydrogen) atoms. The van der Waals surface area contributed by atoms with E-state index in [1.807, 2.05) is 5.32 Å². The van der Waals surface area contributed by atoms with Crippen molar-refractivity contribution in [1.82, 2.24) is 10.6 Å². The molecule has 0 fully saturated rings. The molecule has 0 saturated carbocycles. The van der Waals surface area contributed by atoms with Crippen molar-refractivity contribution in [2.45, 2.75) is 38.0 Å². The Morgan fingerprint density at radius 2 is 1.83 bits per heavy atom. The van der Waals surface area contributed by atoms with Gasteiger partial charge < -0.3 is 14.5 Å². The Bertz CT molecular complexity index is 708. The van der Waals surface area contributed by atoms with E-state index in [9.17, 15) is 22.8 Å². The second-order valence-electron chi connectivity index (χ2n) is 4.83. The summed E-state index contributed by atoms with van der Waals surface area (Å²) in [4.78, 5) is 34.8. The van der Waals surface area contributed by atoms with Crippen LogP contribution in [0, 0.1) is 0 Å². The molecular weight excluding hydrogens is 330 g/mol. The molecule has 1 aromatic rings. The molecular formula is C12H17N3O7S. The molecule has 0 radical (unpaired) electrons. The van der Waals surface area contributed by atoms with Crippen molar-refractivity contribution in [1.29, 1.82) is 0 Å². The number of nitrogens with two attached hydrogens (primary N) is 1. The number of ether oxygens (including phenoxy) is 1. The van der Waals surface area contributed by atoms with Crippen LogP contribution in [0.2, 0.25) is 0 Å². The van der Waals surface area contributed by atoms with Gasteiger partial charge in [0.2, 0.25) is 10.9 Å². The smallest absolute Gasteiger partial charge is 0.375 e. The summed E-state index contributed by atoms with van der Waals surface area (Å²) in [6.45, 7) is 4.64. The first-order valence-corrected chi connectivity index (χ1v) is 8.00. The average molecular weight is 347 g/mol. The lowest BCUT2D eigenvalue weighted by atomic mass is 10.3. The van der Waals surface area contributed by atoms with Gasteiger partial charge in [0.25, 0.3) is 15.9 Å². The van der Waals surface area contributed by atoms with Crippen molar-refractivity contribution in [2.75, 3.05) is 0 Å². The minimum Gasteiger partial charge on any atom is -0.447 e. The van der Waals surface area contributed by atoms with Gasteiger partial charge in [0, 0.05) is 6.04 Å². The van der Waals surface area contributed by atoms with Gasteiger partial charge in [-0.3, -0.25) is 10.1 Å². The fourth-order valence-electron chi connectivity index (χ4n) is 1.37. The van der Waals surface area contributed by atoms with Crippen molar-refractivity contribution in [2.24, 2.45) is 5.14 Å². The third kappa shape index (κ3) is 5.71. The maximum absolute atomic E-state index is 11.7. The van der Waals surface area contributed by atoms with Gasteiger partial charge in [-0.25, -0.2) is 23.1 Å². The quantitative estimate of drug-likeness (QED) is 0.617. The highest BCUT2D eigenvalue weighted by molar-refractivity contribution is 7.89. The Kier molecular flexibility index (Phi) is 5.87. The largest absolute Gasteiger partial charge is 0.447 e. The van der Waals surface area contributed by atoms with Crippen LogP contribution in [-0.4, -0.2) is 38.5 Å². The lowest BCUT2D eigenvalue weighted by molar-refractivity contribution is -0.128. The lowest BCUT2D eigenvalue weighted by Crippen LogP contribution is -2.46. The van der Waals surface area contributed by atoms with Crippen LogP contribution in [0.15, 0.2) is 21.6 Å². The molecule has 0 aliphatic heterocycles. The van der Waals surface area contributed by atoms with E-state index >= 15 is 0 Å². The first-order chi connectivity index (χ1) is 10.5. The molecule has 0 spiro atoms. The fraction of sp³-hybridized carbons (Fsp3) is 0.417. The van der Waals surface area contributed by atoms with Gasteiger partial charge >= 0.3 is 12.0 Å². The van der Waals surface area contributed by atoms with Crippen molar-refractivity contribution in [3.8, 4) is 0 Å². The average Bonchev–Trinajstić information content (AvgIpc) is 2.86. The zero-order chi connectivity index (χ0) is 17.8. The molecule has 0 bridgehead atoms. The predicted molar refractivity (Wildman–Crippen MR) is 76.8 cm³/mol. The van der Waals surface area contributed by atoms with Crippen LogP contribution in [0.25, 0.3) is 0 Å². The minimum atomic E-state index is -4.09. The Hall–Kier alpha value is -2.40. The number of primary sulfonamides is 1. The maximum atomic E-state index is 11.7. The summed E-state index contributed by atoms with van der Waals surface area (Å²) in [6, 6.07) is 1.10. The SMILES string of the molecule is CC(C)NC(=O)NC(=O)C(C)OC(=O)c1ccc(S(N)(=O)=O)o1. The summed E-state index contributed by atoms with van der Waals surface area (Å²) < 4.78 is 31.6. The number of hydrogen-bond donors (Lipinski definition) is 3. The first kappa shape index (κ1) is 18.6. The summed E-state index contributed by atoms with van der Waals surface area (Å²) in [5.41, 5.74) is 0. The second kappa shape index (κ2) is 7.24. The highest BCUT2D eigenvalue weighted by atomic mass is 32.2. The van der Waals surface area contributed by atoms with E-state index in [2.05, 4.69) is 5.32 Å². The molecule has 0 aliphatic rings. The summed E-state index contributed by atoms with van der Waals surface area (Å²) in [5.74, 6) is -2.37. The predicted octanol–water partition coefficient (Wildman–Crippen LogP) is -0.293. The molecule has 3 amide bonds. The normalized spacial score (nSPS) is 12.6. The van der Waals surface area contributed by atoms with Crippen LogP contribution in [0.1, 0.15) is 31.3 Å². The fourth-order valence-corrected chi connectivity index (χ4v) is 1.83. The number of amides is 3. The van der Waals surface area contributed by atoms with Crippen LogP contribution < -0.4 is 15.8 Å². The molecule has 128 valence electrons. The number of urea groups is 1. The lowest BCUT2D eigenvalue weighted by Gasteiger charge is -2.13. The Morgan fingerprint density at radius 3 is 2.30 bits per heavy atom. The monoisotopic (exact) mass is 347 g/mol. The molecule has 10 nitrogen and oxygen atoms in total. The van der Waals surface area contributed by atoms with Crippen LogP contribution >= 0.6 is 0 Å². The number of nitrogens with one attached hydrogen (secondary N) is 2. The number of furan rings is 1. The topological polar surface area (TPSA) is 158 Å². The van der Waals surface area contributed by atoms with E-state index in [-0.39, 0.29) is 6.04 Å². The zero-order valence-corrected chi connectivity index (χ0v) is 13.5. The van der Waals surface area contributed by atoms with Crippen LogP contribution in [-0.2, 0) is 19.6 Å². The second-order valence-corrected chi connectivity index (χ2v) is 6.32. The zero-order valence-electron chi connectivity index (χ0n) is 12.7. The summed E-state index contributed by atoms with van der Waals surface area (Å²) in [6.07, 6.45) is -1.30. The third-order valence-corrected chi connectivity index (χ3v) is 3.15. The van der Waals surface area contributed by atoms with Crippen LogP contribution in [0.5, 0.6) is 0 Å². The van der Waals surface area contributed by atoms with Crippen LogP contribution in [0.4, 0.5) is 4.79 Å². The van der Waals surface area contributed by atoms with Crippen molar-refractivity contribution in [3.63, 3.8) is 0 Å². The van der Waals surface area contributed by atoms with Crippen molar-refractivity contribution < 1.29 is 32.0 Å². The summed E-state index contributed by atoms with van der Waals surface area (Å²) >= 11 is 0. The number of sulfonamides is 1. The highest BCUT2D eigenvalue weighted by Crippen LogP contribution is 2.13. The van der Waals surface area contributed by atoms with Gasteiger partial charge in [-0.05, 0) is 32.9 Å². The van der Waals surface area contributed by atoms with Gasteiger partial charge in [-0.2, -0.15) is 0 Å². The molecule has 0 aliphatic carbocycles. The van der Waals surface area contributed by atoms with Crippen molar-refractivity contribution in [3.05, 3.63) is 17.9 Å². The highest BCUT2D eigenvalue weighted by Gasteiger charge is 2.24. The third-order valence-electron chi connectivity index (χ3n) is 2.37. The van der Waals surface area contributed by atoms with E-state index in [0.29, 0.717) is 0 Å². The molecule has 1 rings (SSSR count).